The first-order valence-corrected chi connectivity index (χ1v) is 8.22. The van der Waals surface area contributed by atoms with Crippen LogP contribution in [0.25, 0.3) is 0 Å². The van der Waals surface area contributed by atoms with Gasteiger partial charge in [-0.3, -0.25) is 0 Å². The van der Waals surface area contributed by atoms with Gasteiger partial charge in [0.05, 0.1) is 0 Å². The highest BCUT2D eigenvalue weighted by Gasteiger charge is 2.24. The molecule has 100 valence electrons. The first kappa shape index (κ1) is 13.8. The van der Waals surface area contributed by atoms with E-state index in [1.165, 1.54) is 42.7 Å². The molecule has 1 N–H and O–H groups in total. The highest BCUT2D eigenvalue weighted by molar-refractivity contribution is 7.98. The molecular weight excluding hydrogens is 238 g/mol. The maximum Gasteiger partial charge on any atom is 0.0343 e. The molecule has 1 aliphatic rings. The maximum absolute atomic E-state index is 3.70. The fraction of sp³-hybridized carbons (Fsp3) is 0.625. The van der Waals surface area contributed by atoms with Gasteiger partial charge in [-0.15, -0.1) is 11.8 Å². The second kappa shape index (κ2) is 6.01. The van der Waals surface area contributed by atoms with Crippen molar-refractivity contribution < 1.29 is 0 Å². The number of rotatable bonds is 3. The minimum atomic E-state index is 0.541. The van der Waals surface area contributed by atoms with Crippen LogP contribution < -0.4 is 5.32 Å². The molecule has 18 heavy (non-hydrogen) atoms. The molecule has 2 heteroatoms. The molecule has 1 nitrogen and oxygen atoms in total. The van der Waals surface area contributed by atoms with Crippen LogP contribution in [0.4, 0.5) is 5.69 Å². The molecule has 0 saturated heterocycles. The Balaban J connectivity index is 1.92. The molecule has 1 saturated carbocycles. The molecule has 0 radical (unpaired) electrons. The van der Waals surface area contributed by atoms with Crippen molar-refractivity contribution in [2.45, 2.75) is 56.9 Å². The van der Waals surface area contributed by atoms with Gasteiger partial charge in [0.1, 0.15) is 0 Å². The first-order chi connectivity index (χ1) is 8.59. The van der Waals surface area contributed by atoms with Crippen molar-refractivity contribution in [1.82, 2.24) is 0 Å². The summed E-state index contributed by atoms with van der Waals surface area (Å²) in [6, 6.07) is 9.48. The van der Waals surface area contributed by atoms with E-state index in [0.29, 0.717) is 11.5 Å². The molecule has 1 fully saturated rings. The standard InChI is InChI=1S/C16H25NS/c1-16(2)11-4-5-13(10-12-16)17-14-6-8-15(18-3)9-7-14/h6-9,13,17H,4-5,10-12H2,1-3H3. The van der Waals surface area contributed by atoms with E-state index in [1.54, 1.807) is 11.8 Å². The summed E-state index contributed by atoms with van der Waals surface area (Å²) in [5.41, 5.74) is 1.82. The molecule has 0 amide bonds. The summed E-state index contributed by atoms with van der Waals surface area (Å²) in [6.07, 6.45) is 8.80. The summed E-state index contributed by atoms with van der Waals surface area (Å²) in [7, 11) is 0. The second-order valence-corrected chi connectivity index (χ2v) is 7.04. The molecule has 1 atom stereocenters. The lowest BCUT2D eigenvalue weighted by Crippen LogP contribution is -2.19. The summed E-state index contributed by atoms with van der Waals surface area (Å²) in [5, 5.41) is 3.70. The average molecular weight is 263 g/mol. The van der Waals surface area contributed by atoms with Gasteiger partial charge in [-0.25, -0.2) is 0 Å². The van der Waals surface area contributed by atoms with Crippen LogP contribution in [0.15, 0.2) is 29.2 Å². The molecule has 0 heterocycles. The largest absolute Gasteiger partial charge is 0.382 e. The van der Waals surface area contributed by atoms with Crippen molar-refractivity contribution in [2.75, 3.05) is 11.6 Å². The van der Waals surface area contributed by atoms with Crippen LogP contribution >= 0.6 is 11.8 Å². The smallest absolute Gasteiger partial charge is 0.0343 e. The quantitative estimate of drug-likeness (QED) is 0.595. The number of hydrogen-bond donors (Lipinski definition) is 1. The molecule has 0 spiro atoms. The average Bonchev–Trinajstić information content (AvgIpc) is 2.52. The third kappa shape index (κ3) is 3.94. The number of anilines is 1. The van der Waals surface area contributed by atoms with E-state index in [0.717, 1.165) is 0 Å². The summed E-state index contributed by atoms with van der Waals surface area (Å²) in [5.74, 6) is 0. The molecule has 1 unspecified atom stereocenters. The highest BCUT2D eigenvalue weighted by atomic mass is 32.2. The van der Waals surface area contributed by atoms with Crippen molar-refractivity contribution in [1.29, 1.82) is 0 Å². The van der Waals surface area contributed by atoms with Gasteiger partial charge < -0.3 is 5.32 Å². The number of benzene rings is 1. The minimum absolute atomic E-state index is 0.541. The SMILES string of the molecule is CSc1ccc(NC2CCCC(C)(C)CC2)cc1. The number of hydrogen-bond acceptors (Lipinski definition) is 2. The summed E-state index contributed by atoms with van der Waals surface area (Å²) in [4.78, 5) is 1.34. The minimum Gasteiger partial charge on any atom is -0.382 e. The third-order valence-electron chi connectivity index (χ3n) is 4.04. The zero-order chi connectivity index (χ0) is 13.0. The monoisotopic (exact) mass is 263 g/mol. The molecular formula is C16H25NS. The van der Waals surface area contributed by atoms with Gasteiger partial charge in [0.2, 0.25) is 0 Å². The van der Waals surface area contributed by atoms with Crippen LogP contribution in [-0.2, 0) is 0 Å². The molecule has 0 bridgehead atoms. The summed E-state index contributed by atoms with van der Waals surface area (Å²) < 4.78 is 0. The van der Waals surface area contributed by atoms with Crippen LogP contribution in [0.5, 0.6) is 0 Å². The van der Waals surface area contributed by atoms with Crippen LogP contribution in [0.1, 0.15) is 46.0 Å². The zero-order valence-electron chi connectivity index (χ0n) is 11.8. The van der Waals surface area contributed by atoms with Gasteiger partial charge in [0.15, 0.2) is 0 Å². The van der Waals surface area contributed by atoms with Crippen molar-refractivity contribution in [2.24, 2.45) is 5.41 Å². The van der Waals surface area contributed by atoms with E-state index < -0.39 is 0 Å². The van der Waals surface area contributed by atoms with Gasteiger partial charge in [-0.2, -0.15) is 0 Å². The van der Waals surface area contributed by atoms with Crippen LogP contribution in [0.2, 0.25) is 0 Å². The first-order valence-electron chi connectivity index (χ1n) is 7.00. The third-order valence-corrected chi connectivity index (χ3v) is 4.78. The van der Waals surface area contributed by atoms with Gasteiger partial charge in [-0.1, -0.05) is 20.3 Å². The Morgan fingerprint density at radius 2 is 1.83 bits per heavy atom. The van der Waals surface area contributed by atoms with Gasteiger partial charge >= 0.3 is 0 Å². The predicted octanol–water partition coefficient (Wildman–Crippen LogP) is 5.18. The Labute approximate surface area is 116 Å². The molecule has 0 aromatic heterocycles. The van der Waals surface area contributed by atoms with E-state index in [4.69, 9.17) is 0 Å². The van der Waals surface area contributed by atoms with Crippen molar-refractivity contribution in [3.05, 3.63) is 24.3 Å². The fourth-order valence-electron chi connectivity index (χ4n) is 2.73. The fourth-order valence-corrected chi connectivity index (χ4v) is 3.14. The summed E-state index contributed by atoms with van der Waals surface area (Å²) >= 11 is 1.80. The van der Waals surface area contributed by atoms with Crippen LogP contribution in [0.3, 0.4) is 0 Å². The van der Waals surface area contributed by atoms with E-state index in [-0.39, 0.29) is 0 Å². The van der Waals surface area contributed by atoms with Crippen LogP contribution in [0, 0.1) is 5.41 Å². The normalized spacial score (nSPS) is 23.4. The van der Waals surface area contributed by atoms with Crippen molar-refractivity contribution in [3.63, 3.8) is 0 Å². The second-order valence-electron chi connectivity index (χ2n) is 6.16. The van der Waals surface area contributed by atoms with E-state index >= 15 is 0 Å². The Morgan fingerprint density at radius 3 is 2.50 bits per heavy atom. The zero-order valence-corrected chi connectivity index (χ0v) is 12.6. The van der Waals surface area contributed by atoms with E-state index in [2.05, 4.69) is 49.7 Å². The Bertz CT molecular complexity index is 369. The Kier molecular flexibility index (Phi) is 4.60. The topological polar surface area (TPSA) is 12.0 Å². The Hall–Kier alpha value is -0.630. The van der Waals surface area contributed by atoms with Crippen molar-refractivity contribution >= 4 is 17.4 Å². The Morgan fingerprint density at radius 1 is 1.11 bits per heavy atom. The molecule has 1 aliphatic carbocycles. The lowest BCUT2D eigenvalue weighted by molar-refractivity contribution is 0.313. The van der Waals surface area contributed by atoms with Crippen molar-refractivity contribution in [3.8, 4) is 0 Å². The molecule has 2 rings (SSSR count). The lowest BCUT2D eigenvalue weighted by Gasteiger charge is -2.22. The number of nitrogens with one attached hydrogen (secondary N) is 1. The number of thioether (sulfide) groups is 1. The molecule has 1 aromatic carbocycles. The van der Waals surface area contributed by atoms with E-state index in [1.807, 2.05) is 0 Å². The van der Waals surface area contributed by atoms with Gasteiger partial charge in [0.25, 0.3) is 0 Å². The summed E-state index contributed by atoms with van der Waals surface area (Å²) in [6.45, 7) is 4.81. The predicted molar refractivity (Wildman–Crippen MR) is 82.5 cm³/mol. The maximum atomic E-state index is 3.70. The van der Waals surface area contributed by atoms with E-state index in [9.17, 15) is 0 Å². The van der Waals surface area contributed by atoms with Crippen LogP contribution in [-0.4, -0.2) is 12.3 Å². The lowest BCUT2D eigenvalue weighted by atomic mass is 9.85. The molecule has 1 aromatic rings. The van der Waals surface area contributed by atoms with Gasteiger partial charge in [-0.05, 0) is 61.6 Å². The highest BCUT2D eigenvalue weighted by Crippen LogP contribution is 2.34. The van der Waals surface area contributed by atoms with Gasteiger partial charge in [0, 0.05) is 16.6 Å². The molecule has 0 aliphatic heterocycles.